The van der Waals surface area contributed by atoms with E-state index in [1.165, 1.54) is 30.3 Å². The summed E-state index contributed by atoms with van der Waals surface area (Å²) in [4.78, 5) is 50.0. The summed E-state index contributed by atoms with van der Waals surface area (Å²) < 4.78 is 56.7. The van der Waals surface area contributed by atoms with Crippen LogP contribution in [0.4, 0.5) is 23.7 Å². The Kier molecular flexibility index (Phi) is 11.2. The second-order valence-electron chi connectivity index (χ2n) is 8.83. The molecule has 2 N–H and O–H groups in total. The molecule has 0 radical (unpaired) electrons. The minimum absolute atomic E-state index is 0.0574. The van der Waals surface area contributed by atoms with Crippen LogP contribution >= 0.6 is 0 Å². The molecule has 0 unspecified atom stereocenters. The minimum atomic E-state index is -1.51. The number of rotatable bonds is 13. The fourth-order valence-electron chi connectivity index (χ4n) is 3.53. The molecule has 0 heterocycles. The minimum Gasteiger partial charge on any atom is -0.482 e. The third-order valence-corrected chi connectivity index (χ3v) is 5.75. The Bertz CT molecular complexity index is 1420. The number of halogens is 3. The van der Waals surface area contributed by atoms with Crippen molar-refractivity contribution in [3.63, 3.8) is 0 Å². The van der Waals surface area contributed by atoms with Crippen LogP contribution in [0.2, 0.25) is 0 Å². The summed E-state index contributed by atoms with van der Waals surface area (Å²) in [6.45, 7) is 3.52. The summed E-state index contributed by atoms with van der Waals surface area (Å²) in [6.07, 6.45) is -0.0363. The van der Waals surface area contributed by atoms with Gasteiger partial charge in [-0.3, -0.25) is 19.7 Å². The highest BCUT2D eigenvalue weighted by molar-refractivity contribution is 6.00. The standard InChI is InChI=1S/C30H27F3N2O7/c1-3-13-40-26(37)15-24(25(36)17-41-28-18(2)22(31)14-23(32)27(28)33)35-29(38)20-9-11-21(12-10-20)34-30(39)42-16-19-7-5-4-6-8-19/h3-12,14,24H,1,13,15-17H2,2H3,(H,34,39)(H,35,38)/t24-/m0/s1. The summed E-state index contributed by atoms with van der Waals surface area (Å²) >= 11 is 0. The van der Waals surface area contributed by atoms with E-state index in [9.17, 15) is 32.3 Å². The predicted octanol–water partition coefficient (Wildman–Crippen LogP) is 5.03. The van der Waals surface area contributed by atoms with Crippen molar-refractivity contribution in [1.29, 1.82) is 0 Å². The van der Waals surface area contributed by atoms with Gasteiger partial charge in [-0.1, -0.05) is 43.0 Å². The van der Waals surface area contributed by atoms with Crippen LogP contribution in [0.25, 0.3) is 0 Å². The SMILES string of the molecule is C=CCOC(=O)C[C@H](NC(=O)c1ccc(NC(=O)OCc2ccccc2)cc1)C(=O)COc1c(C)c(F)cc(F)c1F. The van der Waals surface area contributed by atoms with Crippen LogP contribution in [0.3, 0.4) is 0 Å². The number of esters is 1. The van der Waals surface area contributed by atoms with Gasteiger partial charge in [-0.05, 0) is 36.8 Å². The number of amides is 2. The van der Waals surface area contributed by atoms with E-state index in [0.717, 1.165) is 12.5 Å². The number of ether oxygens (including phenoxy) is 3. The van der Waals surface area contributed by atoms with Crippen LogP contribution in [0.1, 0.15) is 27.9 Å². The summed E-state index contributed by atoms with van der Waals surface area (Å²) in [7, 11) is 0. The zero-order valence-corrected chi connectivity index (χ0v) is 22.5. The molecule has 0 aliphatic rings. The van der Waals surface area contributed by atoms with Crippen molar-refractivity contribution in [2.45, 2.75) is 26.0 Å². The van der Waals surface area contributed by atoms with Gasteiger partial charge in [-0.2, -0.15) is 4.39 Å². The van der Waals surface area contributed by atoms with Crippen LogP contribution < -0.4 is 15.4 Å². The number of hydrogen-bond donors (Lipinski definition) is 2. The molecule has 0 bridgehead atoms. The van der Waals surface area contributed by atoms with Gasteiger partial charge in [0.1, 0.15) is 31.7 Å². The molecule has 9 nitrogen and oxygen atoms in total. The van der Waals surface area contributed by atoms with E-state index in [-0.39, 0.29) is 24.3 Å². The summed E-state index contributed by atoms with van der Waals surface area (Å²) in [5.41, 5.74) is 0.806. The number of nitrogens with one attached hydrogen (secondary N) is 2. The summed E-state index contributed by atoms with van der Waals surface area (Å²) in [5.74, 6) is -7.45. The molecule has 0 fully saturated rings. The van der Waals surface area contributed by atoms with E-state index in [1.54, 1.807) is 12.1 Å². The molecule has 42 heavy (non-hydrogen) atoms. The smallest absolute Gasteiger partial charge is 0.411 e. The predicted molar refractivity (Wildman–Crippen MR) is 145 cm³/mol. The first-order chi connectivity index (χ1) is 20.1. The lowest BCUT2D eigenvalue weighted by Crippen LogP contribution is -2.44. The highest BCUT2D eigenvalue weighted by Crippen LogP contribution is 2.27. The molecule has 220 valence electrons. The molecule has 1 atom stereocenters. The highest BCUT2D eigenvalue weighted by atomic mass is 19.2. The average Bonchev–Trinajstić information content (AvgIpc) is 2.98. The Hall–Kier alpha value is -5.13. The average molecular weight is 585 g/mol. The van der Waals surface area contributed by atoms with Crippen LogP contribution in [-0.4, -0.2) is 43.0 Å². The number of hydrogen-bond acceptors (Lipinski definition) is 7. The van der Waals surface area contributed by atoms with E-state index in [0.29, 0.717) is 11.8 Å². The van der Waals surface area contributed by atoms with Gasteiger partial charge < -0.3 is 19.5 Å². The van der Waals surface area contributed by atoms with Crippen molar-refractivity contribution in [2.24, 2.45) is 0 Å². The molecule has 12 heteroatoms. The van der Waals surface area contributed by atoms with Gasteiger partial charge in [-0.25, -0.2) is 13.6 Å². The maximum atomic E-state index is 14.1. The lowest BCUT2D eigenvalue weighted by atomic mass is 10.1. The third-order valence-electron chi connectivity index (χ3n) is 5.75. The van der Waals surface area contributed by atoms with Crippen molar-refractivity contribution >= 4 is 29.4 Å². The summed E-state index contributed by atoms with van der Waals surface area (Å²) in [5, 5.41) is 4.89. The molecular weight excluding hydrogens is 557 g/mol. The maximum absolute atomic E-state index is 14.1. The molecule has 2 amide bonds. The van der Waals surface area contributed by atoms with Gasteiger partial charge in [0.15, 0.2) is 17.3 Å². The largest absolute Gasteiger partial charge is 0.482 e. The van der Waals surface area contributed by atoms with Gasteiger partial charge in [0.25, 0.3) is 5.91 Å². The molecule has 3 aromatic rings. The first kappa shape index (κ1) is 31.4. The fourth-order valence-corrected chi connectivity index (χ4v) is 3.53. The Morgan fingerprint density at radius 1 is 0.952 bits per heavy atom. The molecular formula is C30H27F3N2O7. The molecule has 3 aromatic carbocycles. The molecule has 0 saturated heterocycles. The zero-order valence-electron chi connectivity index (χ0n) is 22.5. The fraction of sp³-hybridized carbons (Fsp3) is 0.200. The number of anilines is 1. The van der Waals surface area contributed by atoms with E-state index < -0.39 is 66.0 Å². The zero-order chi connectivity index (χ0) is 30.6. The first-order valence-electron chi connectivity index (χ1n) is 12.5. The molecule has 0 aliphatic carbocycles. The van der Waals surface area contributed by atoms with Crippen LogP contribution in [0.15, 0.2) is 73.3 Å². The van der Waals surface area contributed by atoms with E-state index in [2.05, 4.69) is 17.2 Å². The lowest BCUT2D eigenvalue weighted by Gasteiger charge is -2.18. The number of ketones is 1. The van der Waals surface area contributed by atoms with Gasteiger partial charge in [0.2, 0.25) is 5.82 Å². The Morgan fingerprint density at radius 2 is 1.64 bits per heavy atom. The second kappa shape index (κ2) is 15.0. The Balaban J connectivity index is 1.65. The van der Waals surface area contributed by atoms with Crippen LogP contribution in [0, 0.1) is 24.4 Å². The second-order valence-corrected chi connectivity index (χ2v) is 8.83. The quantitative estimate of drug-likeness (QED) is 0.164. The Labute approximate surface area is 239 Å². The topological polar surface area (TPSA) is 120 Å². The van der Waals surface area contributed by atoms with Crippen molar-refractivity contribution in [3.05, 3.63) is 107 Å². The molecule has 3 rings (SSSR count). The van der Waals surface area contributed by atoms with Crippen molar-refractivity contribution in [1.82, 2.24) is 5.32 Å². The van der Waals surface area contributed by atoms with Gasteiger partial charge in [-0.15, -0.1) is 0 Å². The summed E-state index contributed by atoms with van der Waals surface area (Å²) in [6, 6.07) is 13.4. The van der Waals surface area contributed by atoms with Gasteiger partial charge in [0.05, 0.1) is 6.42 Å². The van der Waals surface area contributed by atoms with Crippen molar-refractivity contribution < 1.29 is 46.6 Å². The molecule has 0 aromatic heterocycles. The van der Waals surface area contributed by atoms with Crippen molar-refractivity contribution in [3.8, 4) is 5.75 Å². The van der Waals surface area contributed by atoms with E-state index in [4.69, 9.17) is 14.2 Å². The van der Waals surface area contributed by atoms with Crippen LogP contribution in [-0.2, 0) is 25.7 Å². The number of carbonyl (C=O) groups is 4. The van der Waals surface area contributed by atoms with E-state index in [1.807, 2.05) is 18.2 Å². The molecule has 0 saturated carbocycles. The van der Waals surface area contributed by atoms with Crippen molar-refractivity contribution in [2.75, 3.05) is 18.5 Å². The number of Topliss-reactive ketones (excluding diaryl/α,β-unsaturated/α-hetero) is 1. The highest BCUT2D eigenvalue weighted by Gasteiger charge is 2.27. The molecule has 0 spiro atoms. The number of benzene rings is 3. The number of carbonyl (C=O) groups excluding carboxylic acids is 4. The first-order valence-corrected chi connectivity index (χ1v) is 12.5. The van der Waals surface area contributed by atoms with E-state index >= 15 is 0 Å². The van der Waals surface area contributed by atoms with Gasteiger partial charge in [0, 0.05) is 22.9 Å². The third kappa shape index (κ3) is 8.95. The maximum Gasteiger partial charge on any atom is 0.411 e. The normalized spacial score (nSPS) is 11.1. The van der Waals surface area contributed by atoms with Gasteiger partial charge >= 0.3 is 12.1 Å². The Morgan fingerprint density at radius 3 is 2.31 bits per heavy atom. The van der Waals surface area contributed by atoms with Crippen LogP contribution in [0.5, 0.6) is 5.75 Å². The lowest BCUT2D eigenvalue weighted by molar-refractivity contribution is -0.144. The molecule has 0 aliphatic heterocycles. The monoisotopic (exact) mass is 584 g/mol.